The summed E-state index contributed by atoms with van der Waals surface area (Å²) >= 11 is 0. The first-order chi connectivity index (χ1) is 20.2. The summed E-state index contributed by atoms with van der Waals surface area (Å²) in [5, 5.41) is 33.9. The molecule has 12 heteroatoms. The van der Waals surface area contributed by atoms with Crippen molar-refractivity contribution in [3.63, 3.8) is 0 Å². The van der Waals surface area contributed by atoms with E-state index in [1.54, 1.807) is 34.6 Å². The number of likely N-dealkylation sites (N-methyl/N-ethyl adjacent to an activating group) is 1. The first-order valence-corrected chi connectivity index (χ1v) is 15.8. The van der Waals surface area contributed by atoms with E-state index in [1.807, 2.05) is 25.9 Å². The average Bonchev–Trinajstić information content (AvgIpc) is 2.95. The standard InChI is InChI=1S/C32H57NO11/c1-13-23-32(9,39)27(37)18(4)24(35)16(2)15-31(8,40-12)28(19(5)26(42-21(7)34)20(6)29(38)43-23)44-30-25(36)22(33(10)11)14-17(3)41-30/h16-20,22-23,25-28,30,36-37,39H,13-15H2,1-12H3/t16-,17-,18+,19+,20-,22+,23?,25-,26?,27-,28-,30+,31-,32-/m1/s1. The van der Waals surface area contributed by atoms with Gasteiger partial charge < -0.3 is 43.9 Å². The molecule has 2 saturated heterocycles. The van der Waals surface area contributed by atoms with Gasteiger partial charge in [0.05, 0.1) is 29.8 Å². The topological polar surface area (TPSA) is 161 Å². The number of carbonyl (C=O) groups is 3. The summed E-state index contributed by atoms with van der Waals surface area (Å²) in [6.45, 7) is 14.5. The number of Topliss-reactive ketones (excluding diaryl/α,β-unsaturated/α-hetero) is 1. The molecule has 2 aliphatic heterocycles. The largest absolute Gasteiger partial charge is 0.461 e. The van der Waals surface area contributed by atoms with E-state index in [4.69, 9.17) is 23.7 Å². The zero-order valence-electron chi connectivity index (χ0n) is 28.6. The van der Waals surface area contributed by atoms with Gasteiger partial charge in [-0.15, -0.1) is 0 Å². The van der Waals surface area contributed by atoms with Crippen LogP contribution in [0.1, 0.15) is 81.6 Å². The van der Waals surface area contributed by atoms with Crippen LogP contribution in [0.3, 0.4) is 0 Å². The molecular weight excluding hydrogens is 574 g/mol. The molecule has 2 aliphatic rings. The van der Waals surface area contributed by atoms with Gasteiger partial charge in [-0.2, -0.15) is 0 Å². The summed E-state index contributed by atoms with van der Waals surface area (Å²) in [6, 6.07) is -0.272. The smallest absolute Gasteiger partial charge is 0.312 e. The number of esters is 2. The van der Waals surface area contributed by atoms with Crippen molar-refractivity contribution in [2.45, 2.75) is 142 Å². The molecule has 0 aliphatic carbocycles. The van der Waals surface area contributed by atoms with Gasteiger partial charge in [0.2, 0.25) is 0 Å². The Kier molecular flexibility index (Phi) is 13.4. The molecule has 44 heavy (non-hydrogen) atoms. The Morgan fingerprint density at radius 3 is 2.16 bits per heavy atom. The van der Waals surface area contributed by atoms with Crippen LogP contribution in [0.4, 0.5) is 0 Å². The first-order valence-electron chi connectivity index (χ1n) is 15.8. The molecule has 14 atom stereocenters. The highest BCUT2D eigenvalue weighted by atomic mass is 16.7. The third-order valence-corrected chi connectivity index (χ3v) is 9.79. The number of methoxy groups -OCH3 is 1. The van der Waals surface area contributed by atoms with Crippen LogP contribution in [-0.4, -0.2) is 119 Å². The third-order valence-electron chi connectivity index (χ3n) is 9.79. The van der Waals surface area contributed by atoms with E-state index >= 15 is 0 Å². The molecular formula is C32H57NO11. The number of hydrogen-bond acceptors (Lipinski definition) is 12. The van der Waals surface area contributed by atoms with Gasteiger partial charge in [0, 0.05) is 37.8 Å². The Hall–Kier alpha value is -1.67. The predicted octanol–water partition coefficient (Wildman–Crippen LogP) is 2.09. The molecule has 2 unspecified atom stereocenters. The van der Waals surface area contributed by atoms with Crippen molar-refractivity contribution >= 4 is 17.7 Å². The Balaban J connectivity index is 2.73. The van der Waals surface area contributed by atoms with Crippen molar-refractivity contribution < 1.29 is 53.4 Å². The van der Waals surface area contributed by atoms with Crippen LogP contribution < -0.4 is 0 Å². The summed E-state index contributed by atoms with van der Waals surface area (Å²) in [7, 11) is 5.20. The monoisotopic (exact) mass is 631 g/mol. The van der Waals surface area contributed by atoms with Gasteiger partial charge in [0.1, 0.15) is 29.7 Å². The second-order valence-electron chi connectivity index (χ2n) is 13.7. The van der Waals surface area contributed by atoms with Crippen LogP contribution in [0, 0.1) is 23.7 Å². The van der Waals surface area contributed by atoms with E-state index in [0.29, 0.717) is 6.42 Å². The zero-order chi connectivity index (χ0) is 33.9. The highest BCUT2D eigenvalue weighted by Crippen LogP contribution is 2.40. The predicted molar refractivity (Wildman–Crippen MR) is 161 cm³/mol. The lowest BCUT2D eigenvalue weighted by atomic mass is 9.74. The van der Waals surface area contributed by atoms with Crippen molar-refractivity contribution in [2.24, 2.45) is 23.7 Å². The van der Waals surface area contributed by atoms with Gasteiger partial charge in [-0.1, -0.05) is 27.7 Å². The molecule has 2 heterocycles. The minimum Gasteiger partial charge on any atom is -0.461 e. The number of hydrogen-bond donors (Lipinski definition) is 3. The number of ketones is 1. The van der Waals surface area contributed by atoms with Crippen molar-refractivity contribution in [1.82, 2.24) is 4.90 Å². The van der Waals surface area contributed by atoms with E-state index in [9.17, 15) is 29.7 Å². The molecule has 0 amide bonds. The molecule has 0 spiro atoms. The SMILES string of the molecule is CCC1OC(=O)[C@H](C)C(OC(C)=O)[C@H](C)[C@@H](O[C@@H]2O[C@H](C)C[C@H](N(C)C)[C@H]2O)[C@](C)(OC)C[C@@H](C)C(=O)[C@H](C)[C@@H](O)[C@]1(C)O. The molecule has 2 rings (SSSR count). The van der Waals surface area contributed by atoms with Crippen LogP contribution in [0.15, 0.2) is 0 Å². The van der Waals surface area contributed by atoms with E-state index in [0.717, 1.165) is 0 Å². The number of nitrogens with zero attached hydrogens (tertiary/aromatic N) is 1. The van der Waals surface area contributed by atoms with Crippen molar-refractivity contribution in [3.8, 4) is 0 Å². The molecule has 2 fully saturated rings. The van der Waals surface area contributed by atoms with Crippen LogP contribution in [0.5, 0.6) is 0 Å². The normalized spacial score (nSPS) is 45.0. The molecule has 0 saturated carbocycles. The summed E-state index contributed by atoms with van der Waals surface area (Å²) in [5.74, 6) is -5.20. The zero-order valence-corrected chi connectivity index (χ0v) is 28.6. The van der Waals surface area contributed by atoms with E-state index < -0.39 is 83.6 Å². The summed E-state index contributed by atoms with van der Waals surface area (Å²) in [6.07, 6.45) is -6.32. The van der Waals surface area contributed by atoms with Crippen LogP contribution >= 0.6 is 0 Å². The fraction of sp³-hybridized carbons (Fsp3) is 0.906. The highest BCUT2D eigenvalue weighted by Gasteiger charge is 2.52. The molecule has 0 bridgehead atoms. The highest BCUT2D eigenvalue weighted by molar-refractivity contribution is 5.83. The molecule has 3 N–H and O–H groups in total. The Morgan fingerprint density at radius 2 is 1.66 bits per heavy atom. The molecule has 0 radical (unpaired) electrons. The van der Waals surface area contributed by atoms with E-state index in [-0.39, 0.29) is 30.8 Å². The van der Waals surface area contributed by atoms with E-state index in [1.165, 1.54) is 27.9 Å². The average molecular weight is 632 g/mol. The molecule has 256 valence electrons. The number of carbonyl (C=O) groups excluding carboxylic acids is 3. The lowest BCUT2D eigenvalue weighted by molar-refractivity contribution is -0.301. The number of ether oxygens (including phenoxy) is 5. The quantitative estimate of drug-likeness (QED) is 0.367. The van der Waals surface area contributed by atoms with Gasteiger partial charge >= 0.3 is 11.9 Å². The fourth-order valence-corrected chi connectivity index (χ4v) is 6.97. The van der Waals surface area contributed by atoms with Crippen LogP contribution in [0.2, 0.25) is 0 Å². The lowest BCUT2D eigenvalue weighted by Gasteiger charge is -2.48. The molecule has 0 aromatic carbocycles. The van der Waals surface area contributed by atoms with Gasteiger partial charge in [-0.3, -0.25) is 14.4 Å². The van der Waals surface area contributed by atoms with Gasteiger partial charge in [-0.05, 0) is 61.1 Å². The Labute approximate surface area is 262 Å². The van der Waals surface area contributed by atoms with Gasteiger partial charge in [-0.25, -0.2) is 0 Å². The van der Waals surface area contributed by atoms with Crippen molar-refractivity contribution in [3.05, 3.63) is 0 Å². The molecule has 12 nitrogen and oxygen atoms in total. The first kappa shape index (κ1) is 38.5. The second-order valence-corrected chi connectivity index (χ2v) is 13.7. The van der Waals surface area contributed by atoms with Crippen molar-refractivity contribution in [1.29, 1.82) is 0 Å². The maximum Gasteiger partial charge on any atom is 0.312 e. The lowest BCUT2D eigenvalue weighted by Crippen LogP contribution is -2.60. The number of aliphatic hydroxyl groups is 3. The maximum atomic E-state index is 13.7. The molecule has 0 aromatic rings. The number of rotatable bonds is 6. The number of cyclic esters (lactones) is 1. The van der Waals surface area contributed by atoms with Gasteiger partial charge in [0.15, 0.2) is 6.29 Å². The van der Waals surface area contributed by atoms with Crippen LogP contribution in [-0.2, 0) is 38.1 Å². The maximum absolute atomic E-state index is 13.7. The molecule has 0 aromatic heterocycles. The minimum atomic E-state index is -1.95. The summed E-state index contributed by atoms with van der Waals surface area (Å²) < 4.78 is 30.3. The minimum absolute atomic E-state index is 0.106. The third kappa shape index (κ3) is 8.37. The van der Waals surface area contributed by atoms with Crippen molar-refractivity contribution in [2.75, 3.05) is 21.2 Å². The second kappa shape index (κ2) is 15.3. The van der Waals surface area contributed by atoms with E-state index in [2.05, 4.69) is 0 Å². The van der Waals surface area contributed by atoms with Crippen LogP contribution in [0.25, 0.3) is 0 Å². The Bertz CT molecular complexity index is 989. The Morgan fingerprint density at radius 1 is 1.07 bits per heavy atom. The summed E-state index contributed by atoms with van der Waals surface area (Å²) in [4.78, 5) is 41.6. The fourth-order valence-electron chi connectivity index (χ4n) is 6.97. The number of aliphatic hydroxyl groups excluding tert-OH is 2. The summed E-state index contributed by atoms with van der Waals surface area (Å²) in [5.41, 5.74) is -3.19. The van der Waals surface area contributed by atoms with Gasteiger partial charge in [0.25, 0.3) is 0 Å².